The minimum Gasteiger partial charge on any atom is -0.334 e. The van der Waals surface area contributed by atoms with Crippen LogP contribution in [-0.4, -0.2) is 27.6 Å². The molecule has 88 valence electrons. The molecule has 0 saturated carbocycles. The average Bonchev–Trinajstić information content (AvgIpc) is 2.72. The molecule has 1 aromatic heterocycles. The lowest BCUT2D eigenvalue weighted by Crippen LogP contribution is -2.19. The molecule has 0 saturated heterocycles. The van der Waals surface area contributed by atoms with Gasteiger partial charge in [0.2, 0.25) is 0 Å². The molecule has 0 atom stereocenters. The Kier molecular flexibility index (Phi) is 6.78. The van der Waals surface area contributed by atoms with Crippen molar-refractivity contribution in [1.82, 2.24) is 14.9 Å². The first kappa shape index (κ1) is 13.1. The number of hydrogen-bond donors (Lipinski definition) is 1. The highest BCUT2D eigenvalue weighted by molar-refractivity contribution is 7.99. The zero-order chi connectivity index (χ0) is 11.6. The molecule has 1 heterocycles. The van der Waals surface area contributed by atoms with Gasteiger partial charge in [0, 0.05) is 31.2 Å². The molecule has 0 aliphatic rings. The second kappa shape index (κ2) is 8.26. The summed E-state index contributed by atoms with van der Waals surface area (Å²) in [6.07, 6.45) is 10.2. The van der Waals surface area contributed by atoms with E-state index in [1.807, 2.05) is 12.4 Å². The van der Waals surface area contributed by atoms with Crippen molar-refractivity contribution in [1.29, 1.82) is 0 Å². The van der Waals surface area contributed by atoms with Crippen LogP contribution in [0.1, 0.15) is 19.2 Å². The fourth-order valence-electron chi connectivity index (χ4n) is 1.43. The van der Waals surface area contributed by atoms with E-state index in [0.29, 0.717) is 0 Å². The van der Waals surface area contributed by atoms with Crippen LogP contribution in [-0.2, 0) is 13.1 Å². The number of aromatic nitrogens is 2. The number of nitrogens with one attached hydrogen (secondary N) is 1. The zero-order valence-electron chi connectivity index (χ0n) is 9.78. The largest absolute Gasteiger partial charge is 0.334 e. The summed E-state index contributed by atoms with van der Waals surface area (Å²) in [6, 6.07) is 0. The van der Waals surface area contributed by atoms with Crippen molar-refractivity contribution in [3.8, 4) is 12.3 Å². The number of hydrogen-bond acceptors (Lipinski definition) is 3. The molecule has 0 radical (unpaired) electrons. The third-order valence-corrected chi connectivity index (χ3v) is 3.02. The molecule has 1 N–H and O–H groups in total. The lowest BCUT2D eigenvalue weighted by atomic mass is 10.4. The molecule has 0 aliphatic carbocycles. The topological polar surface area (TPSA) is 29.9 Å². The zero-order valence-corrected chi connectivity index (χ0v) is 10.6. The van der Waals surface area contributed by atoms with Gasteiger partial charge in [0.05, 0.1) is 12.3 Å². The van der Waals surface area contributed by atoms with Crippen LogP contribution in [0.4, 0.5) is 0 Å². The molecule has 4 heteroatoms. The number of terminal acetylenes is 1. The standard InChI is InChI=1S/C12H19N3S/c1-3-7-15-8-5-14-12(15)11-13-6-10-16-9-4-2/h2,5,8,13H,3,6-7,9-11H2,1H3. The summed E-state index contributed by atoms with van der Waals surface area (Å²) in [5.74, 6) is 5.58. The van der Waals surface area contributed by atoms with Crippen LogP contribution < -0.4 is 5.32 Å². The quantitative estimate of drug-likeness (QED) is 0.552. The Morgan fingerprint density at radius 3 is 3.25 bits per heavy atom. The Balaban J connectivity index is 2.16. The third-order valence-electron chi connectivity index (χ3n) is 2.16. The molecule has 1 aromatic rings. The molecule has 16 heavy (non-hydrogen) atoms. The molecule has 0 fully saturated rings. The molecular formula is C12H19N3S. The highest BCUT2D eigenvalue weighted by atomic mass is 32.2. The van der Waals surface area contributed by atoms with E-state index in [2.05, 4.69) is 27.7 Å². The van der Waals surface area contributed by atoms with Crippen molar-refractivity contribution in [2.24, 2.45) is 0 Å². The number of imidazole rings is 1. The van der Waals surface area contributed by atoms with E-state index in [1.54, 1.807) is 11.8 Å². The monoisotopic (exact) mass is 237 g/mol. The van der Waals surface area contributed by atoms with E-state index in [-0.39, 0.29) is 0 Å². The minimum atomic E-state index is 0.798. The summed E-state index contributed by atoms with van der Waals surface area (Å²) >= 11 is 1.78. The maximum atomic E-state index is 5.17. The normalized spacial score (nSPS) is 10.2. The minimum absolute atomic E-state index is 0.798. The predicted molar refractivity (Wildman–Crippen MR) is 70.4 cm³/mol. The molecule has 0 unspecified atom stereocenters. The summed E-state index contributed by atoms with van der Waals surface area (Å²) in [5, 5.41) is 3.37. The highest BCUT2D eigenvalue weighted by Gasteiger charge is 2.00. The van der Waals surface area contributed by atoms with Gasteiger partial charge in [0.15, 0.2) is 0 Å². The van der Waals surface area contributed by atoms with Crippen molar-refractivity contribution in [2.45, 2.75) is 26.4 Å². The Labute approximate surface area is 102 Å². The Morgan fingerprint density at radius 2 is 2.50 bits per heavy atom. The van der Waals surface area contributed by atoms with Gasteiger partial charge in [-0.05, 0) is 6.42 Å². The summed E-state index contributed by atoms with van der Waals surface area (Å²) in [7, 11) is 0. The fourth-order valence-corrected chi connectivity index (χ4v) is 1.98. The van der Waals surface area contributed by atoms with Gasteiger partial charge in [0.1, 0.15) is 5.82 Å². The van der Waals surface area contributed by atoms with Crippen LogP contribution in [0.3, 0.4) is 0 Å². The molecule has 0 bridgehead atoms. The van der Waals surface area contributed by atoms with E-state index in [9.17, 15) is 0 Å². The van der Waals surface area contributed by atoms with Crippen LogP contribution >= 0.6 is 11.8 Å². The molecular weight excluding hydrogens is 218 g/mol. The van der Waals surface area contributed by atoms with E-state index < -0.39 is 0 Å². The highest BCUT2D eigenvalue weighted by Crippen LogP contribution is 2.00. The van der Waals surface area contributed by atoms with Gasteiger partial charge >= 0.3 is 0 Å². The van der Waals surface area contributed by atoms with E-state index in [0.717, 1.165) is 43.4 Å². The molecule has 1 rings (SSSR count). The first-order valence-electron chi connectivity index (χ1n) is 5.60. The third kappa shape index (κ3) is 4.73. The second-order valence-electron chi connectivity index (χ2n) is 3.47. The van der Waals surface area contributed by atoms with Crippen LogP contribution in [0.15, 0.2) is 12.4 Å². The maximum absolute atomic E-state index is 5.17. The van der Waals surface area contributed by atoms with Crippen LogP contribution in [0.2, 0.25) is 0 Å². The lowest BCUT2D eigenvalue weighted by Gasteiger charge is -2.07. The van der Waals surface area contributed by atoms with E-state index in [1.165, 1.54) is 0 Å². The van der Waals surface area contributed by atoms with Crippen molar-refractivity contribution in [3.63, 3.8) is 0 Å². The van der Waals surface area contributed by atoms with Crippen LogP contribution in [0.5, 0.6) is 0 Å². The van der Waals surface area contributed by atoms with Gasteiger partial charge in [-0.3, -0.25) is 0 Å². The van der Waals surface area contributed by atoms with Gasteiger partial charge in [-0.1, -0.05) is 12.8 Å². The van der Waals surface area contributed by atoms with Crippen LogP contribution in [0.25, 0.3) is 0 Å². The summed E-state index contributed by atoms with van der Waals surface area (Å²) in [5.41, 5.74) is 0. The predicted octanol–water partition coefficient (Wildman–Crippen LogP) is 1.75. The van der Waals surface area contributed by atoms with Gasteiger partial charge < -0.3 is 9.88 Å². The van der Waals surface area contributed by atoms with Crippen molar-refractivity contribution in [2.75, 3.05) is 18.1 Å². The fraction of sp³-hybridized carbons (Fsp3) is 0.583. The van der Waals surface area contributed by atoms with Crippen molar-refractivity contribution < 1.29 is 0 Å². The van der Waals surface area contributed by atoms with E-state index in [4.69, 9.17) is 6.42 Å². The molecule has 3 nitrogen and oxygen atoms in total. The molecule has 0 aromatic carbocycles. The van der Waals surface area contributed by atoms with Gasteiger partial charge in [-0.25, -0.2) is 4.98 Å². The first-order valence-corrected chi connectivity index (χ1v) is 6.76. The smallest absolute Gasteiger partial charge is 0.122 e. The Bertz CT molecular complexity index is 327. The molecule has 0 spiro atoms. The SMILES string of the molecule is C#CCSCCNCc1nccn1CCC. The maximum Gasteiger partial charge on any atom is 0.122 e. The summed E-state index contributed by atoms with van der Waals surface area (Å²) < 4.78 is 2.20. The lowest BCUT2D eigenvalue weighted by molar-refractivity contribution is 0.600. The van der Waals surface area contributed by atoms with Crippen molar-refractivity contribution >= 4 is 11.8 Å². The van der Waals surface area contributed by atoms with E-state index >= 15 is 0 Å². The van der Waals surface area contributed by atoms with Crippen LogP contribution in [0, 0.1) is 12.3 Å². The summed E-state index contributed by atoms with van der Waals surface area (Å²) in [6.45, 7) is 5.03. The first-order chi connectivity index (χ1) is 7.88. The Morgan fingerprint density at radius 1 is 1.62 bits per heavy atom. The number of rotatable bonds is 8. The molecule has 0 aliphatic heterocycles. The number of thioether (sulfide) groups is 1. The summed E-state index contributed by atoms with van der Waals surface area (Å²) in [4.78, 5) is 4.33. The van der Waals surface area contributed by atoms with Gasteiger partial charge in [0.25, 0.3) is 0 Å². The number of aryl methyl sites for hydroxylation is 1. The average molecular weight is 237 g/mol. The van der Waals surface area contributed by atoms with Gasteiger partial charge in [-0.15, -0.1) is 18.2 Å². The second-order valence-corrected chi connectivity index (χ2v) is 4.58. The Hall–Kier alpha value is -0.920. The number of nitrogens with zero attached hydrogens (tertiary/aromatic N) is 2. The molecule has 0 amide bonds. The van der Waals surface area contributed by atoms with Crippen molar-refractivity contribution in [3.05, 3.63) is 18.2 Å². The van der Waals surface area contributed by atoms with Gasteiger partial charge in [-0.2, -0.15) is 0 Å².